The summed E-state index contributed by atoms with van der Waals surface area (Å²) in [5.41, 5.74) is 2.13. The van der Waals surface area contributed by atoms with Crippen molar-refractivity contribution in [1.29, 1.82) is 0 Å². The Bertz CT molecular complexity index is 690. The van der Waals surface area contributed by atoms with Gasteiger partial charge in [-0.2, -0.15) is 0 Å². The van der Waals surface area contributed by atoms with E-state index in [4.69, 9.17) is 0 Å². The van der Waals surface area contributed by atoms with Crippen molar-refractivity contribution < 1.29 is 14.7 Å². The van der Waals surface area contributed by atoms with Gasteiger partial charge in [0.05, 0.1) is 5.56 Å². The van der Waals surface area contributed by atoms with Gasteiger partial charge in [0, 0.05) is 11.6 Å². The Hall–Kier alpha value is -2.62. The average Bonchev–Trinajstić information content (AvgIpc) is 3.31. The molecule has 0 radical (unpaired) electrons. The van der Waals surface area contributed by atoms with E-state index in [1.807, 2.05) is 30.3 Å². The largest absolute Gasteiger partial charge is 0.478 e. The van der Waals surface area contributed by atoms with Gasteiger partial charge in [-0.05, 0) is 42.2 Å². The van der Waals surface area contributed by atoms with E-state index in [-0.39, 0.29) is 17.5 Å². The van der Waals surface area contributed by atoms with Crippen LogP contribution in [-0.2, 0) is 0 Å². The molecule has 1 aliphatic rings. The van der Waals surface area contributed by atoms with Crippen molar-refractivity contribution in [3.63, 3.8) is 0 Å². The molecule has 0 unspecified atom stereocenters. The minimum Gasteiger partial charge on any atom is -0.478 e. The fourth-order valence-electron chi connectivity index (χ4n) is 2.18. The minimum atomic E-state index is -1.03. The number of carbonyl (C=O) groups is 2. The number of carboxylic acid groups (broad SMARTS) is 1. The third-order valence-corrected chi connectivity index (χ3v) is 3.46. The molecule has 0 saturated heterocycles. The standard InChI is InChI=1S/C17H15NO3/c19-16(18-15-6-7-15)13-8-12(9-14(10-13)17(20)21)11-4-2-1-3-5-11/h1-5,8-10,15H,6-7H2,(H,18,19)(H,20,21). The summed E-state index contributed by atoms with van der Waals surface area (Å²) in [7, 11) is 0. The molecule has 2 N–H and O–H groups in total. The minimum absolute atomic E-state index is 0.122. The first-order valence-corrected chi connectivity index (χ1v) is 6.88. The number of amides is 1. The topological polar surface area (TPSA) is 66.4 Å². The highest BCUT2D eigenvalue weighted by Crippen LogP contribution is 2.24. The van der Waals surface area contributed by atoms with Gasteiger partial charge in [0.2, 0.25) is 0 Å². The predicted molar refractivity (Wildman–Crippen MR) is 79.3 cm³/mol. The van der Waals surface area contributed by atoms with Gasteiger partial charge >= 0.3 is 5.97 Å². The van der Waals surface area contributed by atoms with Crippen molar-refractivity contribution >= 4 is 11.9 Å². The van der Waals surface area contributed by atoms with Crippen molar-refractivity contribution in [3.8, 4) is 11.1 Å². The third-order valence-electron chi connectivity index (χ3n) is 3.46. The number of hydrogen-bond donors (Lipinski definition) is 2. The van der Waals surface area contributed by atoms with Gasteiger partial charge in [-0.1, -0.05) is 30.3 Å². The van der Waals surface area contributed by atoms with Gasteiger partial charge in [0.15, 0.2) is 0 Å². The van der Waals surface area contributed by atoms with E-state index >= 15 is 0 Å². The molecule has 0 aromatic heterocycles. The Morgan fingerprint density at radius 3 is 2.24 bits per heavy atom. The molecule has 4 nitrogen and oxygen atoms in total. The van der Waals surface area contributed by atoms with Gasteiger partial charge in [0.1, 0.15) is 0 Å². The first-order chi connectivity index (χ1) is 10.1. The number of rotatable bonds is 4. The average molecular weight is 281 g/mol. The van der Waals surface area contributed by atoms with E-state index < -0.39 is 5.97 Å². The van der Waals surface area contributed by atoms with Crippen molar-refractivity contribution in [2.24, 2.45) is 0 Å². The molecular formula is C17H15NO3. The van der Waals surface area contributed by atoms with E-state index in [2.05, 4.69) is 5.32 Å². The summed E-state index contributed by atoms with van der Waals surface area (Å²) >= 11 is 0. The van der Waals surface area contributed by atoms with E-state index in [0.29, 0.717) is 5.56 Å². The van der Waals surface area contributed by atoms with Crippen molar-refractivity contribution in [3.05, 3.63) is 59.7 Å². The molecule has 1 fully saturated rings. The number of carbonyl (C=O) groups excluding carboxylic acids is 1. The molecule has 4 heteroatoms. The molecule has 1 amide bonds. The van der Waals surface area contributed by atoms with Crippen LogP contribution in [-0.4, -0.2) is 23.0 Å². The van der Waals surface area contributed by atoms with E-state index in [1.54, 1.807) is 12.1 Å². The quantitative estimate of drug-likeness (QED) is 0.905. The fourth-order valence-corrected chi connectivity index (χ4v) is 2.18. The van der Waals surface area contributed by atoms with Gasteiger partial charge in [-0.15, -0.1) is 0 Å². The lowest BCUT2D eigenvalue weighted by atomic mass is 9.99. The maximum atomic E-state index is 12.1. The summed E-state index contributed by atoms with van der Waals surface area (Å²) in [4.78, 5) is 23.4. The summed E-state index contributed by atoms with van der Waals surface area (Å²) in [6, 6.07) is 14.4. The highest BCUT2D eigenvalue weighted by atomic mass is 16.4. The highest BCUT2D eigenvalue weighted by Gasteiger charge is 2.24. The van der Waals surface area contributed by atoms with Gasteiger partial charge in [0.25, 0.3) is 5.91 Å². The zero-order chi connectivity index (χ0) is 14.8. The molecule has 1 aliphatic carbocycles. The molecule has 106 valence electrons. The molecule has 3 rings (SSSR count). The summed E-state index contributed by atoms with van der Waals surface area (Å²) in [5.74, 6) is -1.24. The monoisotopic (exact) mass is 281 g/mol. The molecule has 0 spiro atoms. The number of carboxylic acids is 1. The van der Waals surface area contributed by atoms with Crippen LogP contribution in [0.4, 0.5) is 0 Å². The van der Waals surface area contributed by atoms with Gasteiger partial charge < -0.3 is 10.4 Å². The molecule has 0 bridgehead atoms. The molecular weight excluding hydrogens is 266 g/mol. The second-order valence-electron chi connectivity index (χ2n) is 5.22. The zero-order valence-corrected chi connectivity index (χ0v) is 11.4. The maximum Gasteiger partial charge on any atom is 0.335 e. The van der Waals surface area contributed by atoms with E-state index in [9.17, 15) is 14.7 Å². The highest BCUT2D eigenvalue weighted by molar-refractivity contribution is 5.99. The van der Waals surface area contributed by atoms with Crippen molar-refractivity contribution in [2.45, 2.75) is 18.9 Å². The SMILES string of the molecule is O=C(O)c1cc(C(=O)NC2CC2)cc(-c2ccccc2)c1. The van der Waals surface area contributed by atoms with Crippen LogP contribution >= 0.6 is 0 Å². The molecule has 1 saturated carbocycles. The van der Waals surface area contributed by atoms with E-state index in [0.717, 1.165) is 24.0 Å². The first kappa shape index (κ1) is 13.4. The Morgan fingerprint density at radius 2 is 1.62 bits per heavy atom. The van der Waals surface area contributed by atoms with Crippen LogP contribution in [0.15, 0.2) is 48.5 Å². The number of nitrogens with one attached hydrogen (secondary N) is 1. The Labute approximate surface area is 122 Å². The predicted octanol–water partition coefficient (Wildman–Crippen LogP) is 2.94. The molecule has 21 heavy (non-hydrogen) atoms. The second kappa shape index (κ2) is 5.40. The summed E-state index contributed by atoms with van der Waals surface area (Å²) in [6.45, 7) is 0. The third kappa shape index (κ3) is 3.11. The molecule has 2 aromatic carbocycles. The number of aromatic carboxylic acids is 1. The summed E-state index contributed by atoms with van der Waals surface area (Å²) in [5, 5.41) is 12.1. The van der Waals surface area contributed by atoms with Crippen LogP contribution in [0.25, 0.3) is 11.1 Å². The first-order valence-electron chi connectivity index (χ1n) is 6.88. The zero-order valence-electron chi connectivity index (χ0n) is 11.4. The summed E-state index contributed by atoms with van der Waals surface area (Å²) < 4.78 is 0. The van der Waals surface area contributed by atoms with Crippen molar-refractivity contribution in [2.75, 3.05) is 0 Å². The molecule has 0 aliphatic heterocycles. The van der Waals surface area contributed by atoms with Crippen LogP contribution < -0.4 is 5.32 Å². The Kier molecular flexibility index (Phi) is 3.44. The van der Waals surface area contributed by atoms with Gasteiger partial charge in [-0.3, -0.25) is 4.79 Å². The Morgan fingerprint density at radius 1 is 0.952 bits per heavy atom. The van der Waals surface area contributed by atoms with Gasteiger partial charge in [-0.25, -0.2) is 4.79 Å². The lowest BCUT2D eigenvalue weighted by Crippen LogP contribution is -2.25. The lowest BCUT2D eigenvalue weighted by molar-refractivity contribution is 0.0697. The van der Waals surface area contributed by atoms with Crippen LogP contribution in [0.3, 0.4) is 0 Å². The van der Waals surface area contributed by atoms with Crippen LogP contribution in [0.5, 0.6) is 0 Å². The second-order valence-corrected chi connectivity index (χ2v) is 5.22. The fraction of sp³-hybridized carbons (Fsp3) is 0.176. The molecule has 0 atom stereocenters. The summed E-state index contributed by atoms with van der Waals surface area (Å²) in [6.07, 6.45) is 1.99. The normalized spacial score (nSPS) is 13.7. The Balaban J connectivity index is 2.01. The molecule has 2 aromatic rings. The number of benzene rings is 2. The lowest BCUT2D eigenvalue weighted by Gasteiger charge is -2.08. The van der Waals surface area contributed by atoms with Crippen LogP contribution in [0.2, 0.25) is 0 Å². The molecule has 0 heterocycles. The smallest absolute Gasteiger partial charge is 0.335 e. The van der Waals surface area contributed by atoms with Crippen LogP contribution in [0.1, 0.15) is 33.6 Å². The van der Waals surface area contributed by atoms with E-state index in [1.165, 1.54) is 6.07 Å². The number of hydrogen-bond acceptors (Lipinski definition) is 2. The van der Waals surface area contributed by atoms with Crippen LogP contribution in [0, 0.1) is 0 Å². The van der Waals surface area contributed by atoms with Crippen molar-refractivity contribution in [1.82, 2.24) is 5.32 Å². The maximum absolute atomic E-state index is 12.1.